The molecule has 13 heavy (non-hydrogen) atoms. The third-order valence-corrected chi connectivity index (χ3v) is 2.38. The smallest absolute Gasteiger partial charge is 0.116 e. The van der Waals surface area contributed by atoms with Crippen molar-refractivity contribution in [2.24, 2.45) is 5.73 Å². The Hall–Kier alpha value is -0.770. The molecule has 3 nitrogen and oxygen atoms in total. The van der Waals surface area contributed by atoms with Gasteiger partial charge >= 0.3 is 0 Å². The predicted molar refractivity (Wildman–Crippen MR) is 51.9 cm³/mol. The van der Waals surface area contributed by atoms with Crippen molar-refractivity contribution in [1.82, 2.24) is 0 Å². The van der Waals surface area contributed by atoms with E-state index in [2.05, 4.69) is 0 Å². The number of phenolic OH excluding ortho intramolecular Hbond substituents is 1. The Morgan fingerprint density at radius 3 is 2.69 bits per heavy atom. The fourth-order valence-corrected chi connectivity index (χ4v) is 1.39. The zero-order chi connectivity index (χ0) is 10.0. The van der Waals surface area contributed by atoms with Gasteiger partial charge in [-0.15, -0.1) is 0 Å². The highest BCUT2D eigenvalue weighted by atomic mass is 35.5. The van der Waals surface area contributed by atoms with E-state index in [1.165, 1.54) is 6.07 Å². The molecular formula is C9H12ClNO2. The fourth-order valence-electron chi connectivity index (χ4n) is 1.15. The first-order valence-corrected chi connectivity index (χ1v) is 4.29. The third kappa shape index (κ3) is 2.12. The van der Waals surface area contributed by atoms with Crippen LogP contribution >= 0.6 is 11.6 Å². The molecule has 0 bridgehead atoms. The van der Waals surface area contributed by atoms with E-state index in [0.29, 0.717) is 10.6 Å². The second kappa shape index (κ2) is 3.96. The highest BCUT2D eigenvalue weighted by Gasteiger charge is 2.12. The van der Waals surface area contributed by atoms with Crippen molar-refractivity contribution in [2.75, 3.05) is 6.61 Å². The highest BCUT2D eigenvalue weighted by Crippen LogP contribution is 2.29. The first-order valence-electron chi connectivity index (χ1n) is 3.91. The molecule has 4 N–H and O–H groups in total. The molecule has 0 heterocycles. The van der Waals surface area contributed by atoms with Gasteiger partial charge in [0.2, 0.25) is 0 Å². The number of aromatic hydroxyl groups is 1. The van der Waals surface area contributed by atoms with E-state index in [9.17, 15) is 5.11 Å². The van der Waals surface area contributed by atoms with Gasteiger partial charge in [0, 0.05) is 5.02 Å². The van der Waals surface area contributed by atoms with E-state index in [1.807, 2.05) is 0 Å². The van der Waals surface area contributed by atoms with Crippen LogP contribution in [-0.4, -0.2) is 16.8 Å². The molecule has 0 spiro atoms. The number of benzene rings is 1. The minimum absolute atomic E-state index is 0.112. The summed E-state index contributed by atoms with van der Waals surface area (Å²) < 4.78 is 0. The Kier molecular flexibility index (Phi) is 3.14. The van der Waals surface area contributed by atoms with Gasteiger partial charge in [-0.05, 0) is 30.2 Å². The van der Waals surface area contributed by atoms with Crippen LogP contribution in [0.4, 0.5) is 0 Å². The number of hydrogen-bond acceptors (Lipinski definition) is 3. The van der Waals surface area contributed by atoms with Crippen LogP contribution in [-0.2, 0) is 0 Å². The summed E-state index contributed by atoms with van der Waals surface area (Å²) in [5, 5.41) is 18.6. The lowest BCUT2D eigenvalue weighted by Crippen LogP contribution is -2.15. The van der Waals surface area contributed by atoms with Crippen molar-refractivity contribution in [3.8, 4) is 5.75 Å². The molecule has 0 saturated heterocycles. The lowest BCUT2D eigenvalue weighted by Gasteiger charge is -2.12. The number of aryl methyl sites for hydroxylation is 1. The van der Waals surface area contributed by atoms with Crippen molar-refractivity contribution in [3.05, 3.63) is 28.3 Å². The molecular weight excluding hydrogens is 190 g/mol. The molecule has 0 amide bonds. The Balaban J connectivity index is 3.20. The van der Waals surface area contributed by atoms with E-state index in [-0.39, 0.29) is 12.4 Å². The third-order valence-electron chi connectivity index (χ3n) is 1.86. The monoisotopic (exact) mass is 201 g/mol. The summed E-state index contributed by atoms with van der Waals surface area (Å²) in [5.74, 6) is 0.112. The van der Waals surface area contributed by atoms with Gasteiger partial charge in [-0.2, -0.15) is 0 Å². The first-order chi connectivity index (χ1) is 6.06. The predicted octanol–water partition coefficient (Wildman–Crippen LogP) is 1.35. The van der Waals surface area contributed by atoms with Crippen LogP contribution in [0.1, 0.15) is 17.2 Å². The summed E-state index contributed by atoms with van der Waals surface area (Å²) in [7, 11) is 0. The fraction of sp³-hybridized carbons (Fsp3) is 0.333. The summed E-state index contributed by atoms with van der Waals surface area (Å²) in [6.45, 7) is 1.58. The second-order valence-electron chi connectivity index (χ2n) is 2.95. The van der Waals surface area contributed by atoms with Gasteiger partial charge in [0.15, 0.2) is 0 Å². The summed E-state index contributed by atoms with van der Waals surface area (Å²) >= 11 is 5.94. The lowest BCUT2D eigenvalue weighted by atomic mass is 10.0. The van der Waals surface area contributed by atoms with E-state index >= 15 is 0 Å². The van der Waals surface area contributed by atoms with E-state index in [4.69, 9.17) is 22.4 Å². The molecule has 72 valence electrons. The van der Waals surface area contributed by atoms with Crippen LogP contribution < -0.4 is 5.73 Å². The van der Waals surface area contributed by atoms with Crippen molar-refractivity contribution < 1.29 is 10.2 Å². The largest absolute Gasteiger partial charge is 0.508 e. The summed E-state index contributed by atoms with van der Waals surface area (Å²) in [4.78, 5) is 0. The summed E-state index contributed by atoms with van der Waals surface area (Å²) in [6.07, 6.45) is 0. The molecule has 0 aliphatic heterocycles. The molecule has 1 unspecified atom stereocenters. The molecule has 0 saturated carbocycles. The van der Waals surface area contributed by atoms with Crippen LogP contribution in [0.15, 0.2) is 12.1 Å². The van der Waals surface area contributed by atoms with Crippen LogP contribution in [0.3, 0.4) is 0 Å². The Morgan fingerprint density at radius 1 is 1.54 bits per heavy atom. The number of aliphatic hydroxyl groups is 1. The molecule has 4 heteroatoms. The molecule has 0 radical (unpaired) electrons. The van der Waals surface area contributed by atoms with Crippen molar-refractivity contribution in [2.45, 2.75) is 13.0 Å². The molecule has 1 atom stereocenters. The molecule has 1 aromatic rings. The van der Waals surface area contributed by atoms with Gasteiger partial charge < -0.3 is 15.9 Å². The van der Waals surface area contributed by atoms with Crippen molar-refractivity contribution >= 4 is 11.6 Å². The van der Waals surface area contributed by atoms with Gasteiger partial charge in [0.1, 0.15) is 5.75 Å². The Labute approximate surface area is 81.8 Å². The molecule has 0 aliphatic rings. The van der Waals surface area contributed by atoms with E-state index in [1.54, 1.807) is 13.0 Å². The minimum Gasteiger partial charge on any atom is -0.508 e. The summed E-state index contributed by atoms with van der Waals surface area (Å²) in [5.41, 5.74) is 6.91. The van der Waals surface area contributed by atoms with Gasteiger partial charge in [-0.1, -0.05) is 11.6 Å². The number of phenols is 1. The van der Waals surface area contributed by atoms with Crippen LogP contribution in [0.2, 0.25) is 5.02 Å². The SMILES string of the molecule is Cc1cc(O)cc(C(N)CO)c1Cl. The van der Waals surface area contributed by atoms with Crippen LogP contribution in [0, 0.1) is 6.92 Å². The summed E-state index contributed by atoms with van der Waals surface area (Å²) in [6, 6.07) is 2.48. The van der Waals surface area contributed by atoms with E-state index < -0.39 is 6.04 Å². The zero-order valence-electron chi connectivity index (χ0n) is 7.29. The topological polar surface area (TPSA) is 66.5 Å². The minimum atomic E-state index is -0.543. The lowest BCUT2D eigenvalue weighted by molar-refractivity contribution is 0.268. The average molecular weight is 202 g/mol. The van der Waals surface area contributed by atoms with Crippen molar-refractivity contribution in [1.29, 1.82) is 0 Å². The second-order valence-corrected chi connectivity index (χ2v) is 3.33. The quantitative estimate of drug-likeness (QED) is 0.677. The molecule has 0 aliphatic carbocycles. The number of nitrogens with two attached hydrogens (primary N) is 1. The molecule has 0 fully saturated rings. The number of halogens is 1. The maximum Gasteiger partial charge on any atom is 0.116 e. The van der Waals surface area contributed by atoms with Gasteiger partial charge in [0.05, 0.1) is 12.6 Å². The maximum absolute atomic E-state index is 9.27. The normalized spacial score (nSPS) is 12.9. The number of rotatable bonds is 2. The number of aliphatic hydroxyl groups excluding tert-OH is 1. The van der Waals surface area contributed by atoms with Gasteiger partial charge in [-0.25, -0.2) is 0 Å². The molecule has 0 aromatic heterocycles. The van der Waals surface area contributed by atoms with Crippen molar-refractivity contribution in [3.63, 3.8) is 0 Å². The standard InChI is InChI=1S/C9H12ClNO2/c1-5-2-6(13)3-7(9(5)10)8(11)4-12/h2-3,8,12-13H,4,11H2,1H3. The average Bonchev–Trinajstić information content (AvgIpc) is 2.10. The Morgan fingerprint density at radius 2 is 2.15 bits per heavy atom. The van der Waals surface area contributed by atoms with Gasteiger partial charge in [0.25, 0.3) is 0 Å². The first kappa shape index (κ1) is 10.3. The van der Waals surface area contributed by atoms with Crippen LogP contribution in [0.5, 0.6) is 5.75 Å². The highest BCUT2D eigenvalue weighted by molar-refractivity contribution is 6.32. The zero-order valence-corrected chi connectivity index (χ0v) is 8.04. The van der Waals surface area contributed by atoms with Crippen LogP contribution in [0.25, 0.3) is 0 Å². The van der Waals surface area contributed by atoms with Gasteiger partial charge in [-0.3, -0.25) is 0 Å². The maximum atomic E-state index is 9.27. The van der Waals surface area contributed by atoms with E-state index in [0.717, 1.165) is 5.56 Å². The molecule has 1 rings (SSSR count). The molecule has 1 aromatic carbocycles. The number of hydrogen-bond donors (Lipinski definition) is 3. The Bertz CT molecular complexity index is 315.